The van der Waals surface area contributed by atoms with E-state index in [0.717, 1.165) is 24.1 Å². The van der Waals surface area contributed by atoms with E-state index in [2.05, 4.69) is 17.4 Å². The standard InChI is InChI=1S/C19H19F2NO.CH3F/c20-19(21)13-8-9-16-15(11-13)18-14(7-4-10-23-18)17(22-16)12-5-2-1-3-6-12;1-2/h1-3,5-6,8-9,11,14,17-19,22H,4,7,10H2;1H3/t14?,17-,18?;/m0./s1. The molecule has 2 unspecified atom stereocenters. The van der Waals surface area contributed by atoms with E-state index in [9.17, 15) is 13.2 Å². The lowest BCUT2D eigenvalue weighted by molar-refractivity contribution is -0.0382. The van der Waals surface area contributed by atoms with E-state index < -0.39 is 6.43 Å². The zero-order chi connectivity index (χ0) is 17.8. The van der Waals surface area contributed by atoms with Gasteiger partial charge in [-0.05, 0) is 30.5 Å². The van der Waals surface area contributed by atoms with Crippen LogP contribution in [0.15, 0.2) is 48.5 Å². The number of halogens is 3. The summed E-state index contributed by atoms with van der Waals surface area (Å²) in [6.07, 6.45) is -0.510. The molecule has 2 aromatic carbocycles. The van der Waals surface area contributed by atoms with Crippen molar-refractivity contribution in [1.29, 1.82) is 0 Å². The molecule has 2 aromatic rings. The summed E-state index contributed by atoms with van der Waals surface area (Å²) in [6, 6.07) is 15.3. The lowest BCUT2D eigenvalue weighted by atomic mass is 9.77. The molecule has 0 aromatic heterocycles. The van der Waals surface area contributed by atoms with Gasteiger partial charge in [-0.15, -0.1) is 0 Å². The molecule has 2 heterocycles. The van der Waals surface area contributed by atoms with Crippen LogP contribution in [0.4, 0.5) is 18.9 Å². The van der Waals surface area contributed by atoms with Gasteiger partial charge in [0.2, 0.25) is 0 Å². The molecule has 2 nitrogen and oxygen atoms in total. The van der Waals surface area contributed by atoms with Crippen molar-refractivity contribution in [2.24, 2.45) is 5.92 Å². The predicted octanol–water partition coefficient (Wildman–Crippen LogP) is 5.84. The second kappa shape index (κ2) is 7.91. The molecule has 1 saturated heterocycles. The molecule has 0 aliphatic carbocycles. The van der Waals surface area contributed by atoms with Gasteiger partial charge in [-0.1, -0.05) is 36.4 Å². The zero-order valence-electron chi connectivity index (χ0n) is 14.1. The fourth-order valence-electron chi connectivity index (χ4n) is 3.82. The number of rotatable bonds is 2. The maximum Gasteiger partial charge on any atom is 0.263 e. The molecule has 0 bridgehead atoms. The highest BCUT2D eigenvalue weighted by atomic mass is 19.3. The predicted molar refractivity (Wildman–Crippen MR) is 92.7 cm³/mol. The highest BCUT2D eigenvalue weighted by molar-refractivity contribution is 5.58. The maximum atomic E-state index is 13.0. The Bertz CT molecular complexity index is 693. The van der Waals surface area contributed by atoms with Crippen LogP contribution in [0.25, 0.3) is 0 Å². The van der Waals surface area contributed by atoms with Crippen molar-refractivity contribution in [2.45, 2.75) is 31.4 Å². The molecule has 25 heavy (non-hydrogen) atoms. The fourth-order valence-corrected chi connectivity index (χ4v) is 3.82. The average Bonchev–Trinajstić information content (AvgIpc) is 2.69. The first-order valence-corrected chi connectivity index (χ1v) is 8.47. The summed E-state index contributed by atoms with van der Waals surface area (Å²) < 4.78 is 41.6. The third-order valence-corrected chi connectivity index (χ3v) is 4.90. The highest BCUT2D eigenvalue weighted by Gasteiger charge is 2.40. The number of nitrogens with one attached hydrogen (secondary N) is 1. The second-order valence-electron chi connectivity index (χ2n) is 6.28. The van der Waals surface area contributed by atoms with E-state index >= 15 is 0 Å². The number of fused-ring (bicyclic) bond motifs is 3. The van der Waals surface area contributed by atoms with E-state index in [1.807, 2.05) is 18.2 Å². The Balaban J connectivity index is 0.000000880. The number of hydrogen-bond acceptors (Lipinski definition) is 2. The number of alkyl halides is 3. The summed E-state index contributed by atoms with van der Waals surface area (Å²) in [6.45, 7) is 0.695. The fraction of sp³-hybridized carbons (Fsp3) is 0.400. The highest BCUT2D eigenvalue weighted by Crippen LogP contribution is 2.49. The largest absolute Gasteiger partial charge is 0.378 e. The van der Waals surface area contributed by atoms with Crippen LogP contribution in [0.5, 0.6) is 0 Å². The van der Waals surface area contributed by atoms with Crippen molar-refractivity contribution in [3.63, 3.8) is 0 Å². The Kier molecular flexibility index (Phi) is 5.63. The Hall–Kier alpha value is -2.01. The van der Waals surface area contributed by atoms with Crippen LogP contribution in [-0.2, 0) is 4.74 Å². The molecule has 1 N–H and O–H groups in total. The van der Waals surface area contributed by atoms with Gasteiger partial charge in [-0.3, -0.25) is 4.39 Å². The Morgan fingerprint density at radius 2 is 1.84 bits per heavy atom. The maximum absolute atomic E-state index is 13.0. The molecule has 4 rings (SSSR count). The van der Waals surface area contributed by atoms with E-state index in [1.165, 1.54) is 11.6 Å². The lowest BCUT2D eigenvalue weighted by Crippen LogP contribution is -2.36. The van der Waals surface area contributed by atoms with Gasteiger partial charge in [0.15, 0.2) is 0 Å². The minimum Gasteiger partial charge on any atom is -0.378 e. The van der Waals surface area contributed by atoms with Crippen molar-refractivity contribution >= 4 is 5.69 Å². The summed E-state index contributed by atoms with van der Waals surface area (Å²) in [5, 5.41) is 3.55. The average molecular weight is 349 g/mol. The third-order valence-electron chi connectivity index (χ3n) is 4.90. The third kappa shape index (κ3) is 3.52. The molecule has 134 valence electrons. The van der Waals surface area contributed by atoms with Gasteiger partial charge >= 0.3 is 0 Å². The van der Waals surface area contributed by atoms with Gasteiger partial charge in [0.1, 0.15) is 0 Å². The van der Waals surface area contributed by atoms with E-state index in [4.69, 9.17) is 4.74 Å². The van der Waals surface area contributed by atoms with E-state index in [0.29, 0.717) is 13.8 Å². The molecular formula is C20H22F3NO. The Morgan fingerprint density at radius 1 is 1.08 bits per heavy atom. The SMILES string of the molecule is CF.FC(F)c1ccc2c(c1)C1OCCCC1[C@H](c1ccccc1)N2. The van der Waals surface area contributed by atoms with Gasteiger partial charge < -0.3 is 10.1 Å². The minimum absolute atomic E-state index is 0.0663. The summed E-state index contributed by atoms with van der Waals surface area (Å²) in [5.74, 6) is 0.270. The molecule has 3 atom stereocenters. The molecule has 2 aliphatic heterocycles. The van der Waals surface area contributed by atoms with Gasteiger partial charge in [0.05, 0.1) is 19.3 Å². The van der Waals surface area contributed by atoms with Crippen molar-refractivity contribution in [3.05, 3.63) is 65.2 Å². The molecule has 5 heteroatoms. The number of ether oxygens (including phenoxy) is 1. The number of anilines is 1. The summed E-state index contributed by atoms with van der Waals surface area (Å²) >= 11 is 0. The topological polar surface area (TPSA) is 21.3 Å². The molecule has 0 spiro atoms. The van der Waals surface area contributed by atoms with Gasteiger partial charge in [0.25, 0.3) is 6.43 Å². The van der Waals surface area contributed by atoms with Crippen LogP contribution in [0.1, 0.15) is 48.1 Å². The molecule has 0 amide bonds. The van der Waals surface area contributed by atoms with Crippen LogP contribution in [-0.4, -0.2) is 13.8 Å². The van der Waals surface area contributed by atoms with Crippen LogP contribution >= 0.6 is 0 Å². The lowest BCUT2D eigenvalue weighted by Gasteiger charge is -2.43. The first-order valence-electron chi connectivity index (χ1n) is 8.47. The van der Waals surface area contributed by atoms with Gasteiger partial charge in [-0.25, -0.2) is 8.78 Å². The first kappa shape index (κ1) is 17.8. The monoisotopic (exact) mass is 349 g/mol. The van der Waals surface area contributed by atoms with Crippen molar-refractivity contribution in [1.82, 2.24) is 0 Å². The smallest absolute Gasteiger partial charge is 0.263 e. The van der Waals surface area contributed by atoms with E-state index in [-0.39, 0.29) is 23.6 Å². The van der Waals surface area contributed by atoms with Crippen LogP contribution in [0.2, 0.25) is 0 Å². The quantitative estimate of drug-likeness (QED) is 0.735. The van der Waals surface area contributed by atoms with Gasteiger partial charge in [-0.2, -0.15) is 0 Å². The van der Waals surface area contributed by atoms with Gasteiger partial charge in [0, 0.05) is 29.3 Å². The molecule has 0 radical (unpaired) electrons. The first-order chi connectivity index (χ1) is 12.2. The molecule has 1 fully saturated rings. The van der Waals surface area contributed by atoms with Crippen molar-refractivity contribution < 1.29 is 17.9 Å². The molecular weight excluding hydrogens is 327 g/mol. The summed E-state index contributed by atoms with van der Waals surface area (Å²) in [4.78, 5) is 0. The normalized spacial score (nSPS) is 24.4. The van der Waals surface area contributed by atoms with E-state index in [1.54, 1.807) is 12.1 Å². The second-order valence-corrected chi connectivity index (χ2v) is 6.28. The van der Waals surface area contributed by atoms with Crippen LogP contribution in [0, 0.1) is 5.92 Å². The van der Waals surface area contributed by atoms with Crippen molar-refractivity contribution in [3.8, 4) is 0 Å². The summed E-state index contributed by atoms with van der Waals surface area (Å²) in [5.41, 5.74) is 3.07. The Labute approximate surface area is 146 Å². The Morgan fingerprint density at radius 3 is 2.56 bits per heavy atom. The van der Waals surface area contributed by atoms with Crippen LogP contribution < -0.4 is 5.32 Å². The molecule has 2 aliphatic rings. The minimum atomic E-state index is -2.45. The zero-order valence-corrected chi connectivity index (χ0v) is 14.1. The van der Waals surface area contributed by atoms with Crippen molar-refractivity contribution in [2.75, 3.05) is 19.1 Å². The van der Waals surface area contributed by atoms with Crippen LogP contribution in [0.3, 0.4) is 0 Å². The molecule has 0 saturated carbocycles. The summed E-state index contributed by atoms with van der Waals surface area (Å²) in [7, 11) is 0.500. The number of benzene rings is 2. The number of hydrogen-bond donors (Lipinski definition) is 1.